The summed E-state index contributed by atoms with van der Waals surface area (Å²) in [6.07, 6.45) is 3.68. The van der Waals surface area contributed by atoms with Gasteiger partial charge in [-0.1, -0.05) is 24.3 Å². The largest absolute Gasteiger partial charge is 0.497 e. The summed E-state index contributed by atoms with van der Waals surface area (Å²) in [5.41, 5.74) is 10.8. The molecule has 3 N–H and O–H groups in total. The van der Waals surface area contributed by atoms with Crippen molar-refractivity contribution in [2.24, 2.45) is 0 Å². The Hall–Kier alpha value is -3.18. The van der Waals surface area contributed by atoms with Crippen molar-refractivity contribution in [3.8, 4) is 5.75 Å². The molecule has 5 heteroatoms. The molecular formula is C22H21N3O2. The van der Waals surface area contributed by atoms with Crippen LogP contribution < -0.4 is 10.5 Å². The number of nitrogen functional groups attached to an aromatic ring is 1. The van der Waals surface area contributed by atoms with Gasteiger partial charge >= 0.3 is 0 Å². The predicted octanol–water partition coefficient (Wildman–Crippen LogP) is 3.65. The van der Waals surface area contributed by atoms with Crippen LogP contribution in [0.4, 0.5) is 5.82 Å². The molecule has 0 radical (unpaired) electrons. The zero-order valence-corrected chi connectivity index (χ0v) is 15.1. The summed E-state index contributed by atoms with van der Waals surface area (Å²) in [5, 5.41) is 11.3. The highest BCUT2D eigenvalue weighted by Gasteiger charge is 2.09. The molecule has 0 atom stereocenters. The Bertz CT molecular complexity index is 1110. The molecule has 4 rings (SSSR count). The van der Waals surface area contributed by atoms with Crippen LogP contribution in [0.1, 0.15) is 16.7 Å². The van der Waals surface area contributed by atoms with Crippen molar-refractivity contribution < 1.29 is 9.84 Å². The van der Waals surface area contributed by atoms with E-state index in [1.807, 2.05) is 36.5 Å². The number of nitrogens with two attached hydrogens (primary N) is 1. The summed E-state index contributed by atoms with van der Waals surface area (Å²) < 4.78 is 5.21. The lowest BCUT2D eigenvalue weighted by Gasteiger charge is -2.09. The molecule has 0 bridgehead atoms. The molecule has 136 valence electrons. The molecule has 0 saturated carbocycles. The lowest BCUT2D eigenvalue weighted by molar-refractivity contribution is 0.282. The number of anilines is 1. The summed E-state index contributed by atoms with van der Waals surface area (Å²) in [6, 6.07) is 16.0. The van der Waals surface area contributed by atoms with Gasteiger partial charge < -0.3 is 15.6 Å². The summed E-state index contributed by atoms with van der Waals surface area (Å²) in [6.45, 7) is -0.0181. The molecule has 0 aliphatic heterocycles. The average molecular weight is 359 g/mol. The van der Waals surface area contributed by atoms with E-state index in [-0.39, 0.29) is 6.61 Å². The van der Waals surface area contributed by atoms with Crippen LogP contribution >= 0.6 is 0 Å². The van der Waals surface area contributed by atoms with Crippen LogP contribution in [0.25, 0.3) is 21.8 Å². The van der Waals surface area contributed by atoms with Gasteiger partial charge in [0.15, 0.2) is 5.82 Å². The fourth-order valence-corrected chi connectivity index (χ4v) is 3.31. The Kier molecular flexibility index (Phi) is 4.60. The number of benzene rings is 2. The number of pyridine rings is 2. The summed E-state index contributed by atoms with van der Waals surface area (Å²) in [5.74, 6) is 1.28. The van der Waals surface area contributed by atoms with Gasteiger partial charge in [0.25, 0.3) is 0 Å². The van der Waals surface area contributed by atoms with Crippen molar-refractivity contribution >= 4 is 27.6 Å². The van der Waals surface area contributed by atoms with Crippen LogP contribution in [0, 0.1) is 0 Å². The highest BCUT2D eigenvalue weighted by molar-refractivity contribution is 6.08. The summed E-state index contributed by atoms with van der Waals surface area (Å²) in [4.78, 5) is 9.00. The Morgan fingerprint density at radius 1 is 0.926 bits per heavy atom. The van der Waals surface area contributed by atoms with Crippen LogP contribution in [-0.2, 0) is 19.4 Å². The molecule has 0 fully saturated rings. The highest BCUT2D eigenvalue weighted by atomic mass is 16.5. The molecule has 0 unspecified atom stereocenters. The molecule has 0 aliphatic carbocycles. The third kappa shape index (κ3) is 3.41. The van der Waals surface area contributed by atoms with E-state index in [9.17, 15) is 5.11 Å². The number of hydrogen-bond acceptors (Lipinski definition) is 5. The number of aryl methyl sites for hydroxylation is 2. The van der Waals surface area contributed by atoms with Gasteiger partial charge in [-0.2, -0.15) is 0 Å². The number of ether oxygens (including phenoxy) is 1. The monoisotopic (exact) mass is 359 g/mol. The molecule has 4 aromatic rings. The molecule has 2 aromatic heterocycles. The zero-order valence-electron chi connectivity index (χ0n) is 15.1. The van der Waals surface area contributed by atoms with E-state index in [4.69, 9.17) is 10.5 Å². The minimum Gasteiger partial charge on any atom is -0.497 e. The first-order chi connectivity index (χ1) is 13.2. The first-order valence-electron chi connectivity index (χ1n) is 8.88. The van der Waals surface area contributed by atoms with Gasteiger partial charge in [0.1, 0.15) is 11.3 Å². The first-order valence-corrected chi connectivity index (χ1v) is 8.88. The van der Waals surface area contributed by atoms with Crippen molar-refractivity contribution in [2.75, 3.05) is 12.8 Å². The smallest absolute Gasteiger partial charge is 0.150 e. The predicted molar refractivity (Wildman–Crippen MR) is 108 cm³/mol. The average Bonchev–Trinajstić information content (AvgIpc) is 2.72. The van der Waals surface area contributed by atoms with E-state index in [1.165, 1.54) is 5.56 Å². The van der Waals surface area contributed by atoms with Crippen molar-refractivity contribution in [1.29, 1.82) is 0 Å². The van der Waals surface area contributed by atoms with E-state index in [2.05, 4.69) is 28.2 Å². The third-order valence-corrected chi connectivity index (χ3v) is 4.82. The SMILES string of the molecule is COc1ccc(CCc2cnc3c(N)nc4cc(CO)ccc4c3c2)cc1. The molecular weight excluding hydrogens is 338 g/mol. The number of hydrogen-bond donors (Lipinski definition) is 2. The molecule has 2 heterocycles. The maximum atomic E-state index is 9.36. The molecule has 0 saturated heterocycles. The van der Waals surface area contributed by atoms with E-state index in [1.54, 1.807) is 7.11 Å². The Morgan fingerprint density at radius 2 is 1.67 bits per heavy atom. The van der Waals surface area contributed by atoms with Crippen LogP contribution in [0.5, 0.6) is 5.75 Å². The summed E-state index contributed by atoms with van der Waals surface area (Å²) >= 11 is 0. The van der Waals surface area contributed by atoms with Gasteiger partial charge in [-0.05, 0) is 53.8 Å². The highest BCUT2D eigenvalue weighted by Crippen LogP contribution is 2.28. The number of nitrogens with zero attached hydrogens (tertiary/aromatic N) is 2. The topological polar surface area (TPSA) is 81.3 Å². The lowest BCUT2D eigenvalue weighted by atomic mass is 10.0. The Morgan fingerprint density at radius 3 is 2.41 bits per heavy atom. The minimum absolute atomic E-state index is 0.0181. The van der Waals surface area contributed by atoms with E-state index >= 15 is 0 Å². The normalized spacial score (nSPS) is 11.2. The van der Waals surface area contributed by atoms with Gasteiger partial charge in [-0.3, -0.25) is 4.98 Å². The van der Waals surface area contributed by atoms with Gasteiger partial charge in [-0.15, -0.1) is 0 Å². The van der Waals surface area contributed by atoms with E-state index < -0.39 is 0 Å². The van der Waals surface area contributed by atoms with Gasteiger partial charge in [0.2, 0.25) is 0 Å². The van der Waals surface area contributed by atoms with Crippen molar-refractivity contribution in [2.45, 2.75) is 19.4 Å². The number of methoxy groups -OCH3 is 1. The second-order valence-electron chi connectivity index (χ2n) is 6.59. The number of aromatic nitrogens is 2. The fraction of sp³-hybridized carbons (Fsp3) is 0.182. The van der Waals surface area contributed by atoms with Crippen LogP contribution in [0.15, 0.2) is 54.7 Å². The molecule has 0 spiro atoms. The second kappa shape index (κ2) is 7.21. The standard InChI is InChI=1S/C22H21N3O2/c1-27-17-7-4-14(5-8-17)2-3-15-10-19-18-9-6-16(13-26)11-20(18)25-22(23)21(19)24-12-15/h4-12,26H,2-3,13H2,1H3,(H2,23,25). The zero-order chi connectivity index (χ0) is 18.8. The number of aliphatic hydroxyl groups is 1. The summed E-state index contributed by atoms with van der Waals surface area (Å²) in [7, 11) is 1.67. The quantitative estimate of drug-likeness (QED) is 0.532. The van der Waals surface area contributed by atoms with Crippen LogP contribution in [-0.4, -0.2) is 22.2 Å². The van der Waals surface area contributed by atoms with Crippen molar-refractivity contribution in [3.63, 3.8) is 0 Å². The van der Waals surface area contributed by atoms with Gasteiger partial charge in [0.05, 0.1) is 19.2 Å². The molecule has 0 amide bonds. The lowest BCUT2D eigenvalue weighted by Crippen LogP contribution is -1.98. The van der Waals surface area contributed by atoms with Crippen molar-refractivity contribution in [1.82, 2.24) is 9.97 Å². The van der Waals surface area contributed by atoms with Crippen LogP contribution in [0.3, 0.4) is 0 Å². The number of rotatable bonds is 5. The molecule has 5 nitrogen and oxygen atoms in total. The molecule has 0 aliphatic rings. The number of fused-ring (bicyclic) bond motifs is 3. The van der Waals surface area contributed by atoms with E-state index in [0.29, 0.717) is 11.3 Å². The van der Waals surface area contributed by atoms with Gasteiger partial charge in [0, 0.05) is 17.0 Å². The Labute approximate surface area is 157 Å². The van der Waals surface area contributed by atoms with E-state index in [0.717, 1.165) is 46.0 Å². The first kappa shape index (κ1) is 17.2. The molecule has 27 heavy (non-hydrogen) atoms. The van der Waals surface area contributed by atoms with Gasteiger partial charge in [-0.25, -0.2) is 4.98 Å². The minimum atomic E-state index is -0.0181. The van der Waals surface area contributed by atoms with Crippen molar-refractivity contribution in [3.05, 3.63) is 71.4 Å². The molecule has 2 aromatic carbocycles. The third-order valence-electron chi connectivity index (χ3n) is 4.82. The van der Waals surface area contributed by atoms with Crippen LogP contribution in [0.2, 0.25) is 0 Å². The Balaban J connectivity index is 1.68. The maximum Gasteiger partial charge on any atom is 0.150 e. The maximum absolute atomic E-state index is 9.36. The second-order valence-corrected chi connectivity index (χ2v) is 6.59. The number of aliphatic hydroxyl groups excluding tert-OH is 1. The fourth-order valence-electron chi connectivity index (χ4n) is 3.31.